The number of benzene rings is 1. The number of carbonyl (C=O) groups excluding carboxylic acids is 1. The van der Waals surface area contributed by atoms with Gasteiger partial charge in [-0.05, 0) is 38.1 Å². The minimum absolute atomic E-state index is 0.176. The Morgan fingerprint density at radius 3 is 2.62 bits per heavy atom. The number of hydrogen-bond acceptors (Lipinski definition) is 4. The minimum atomic E-state index is -0.253. The van der Waals surface area contributed by atoms with Crippen molar-refractivity contribution in [2.45, 2.75) is 33.4 Å². The van der Waals surface area contributed by atoms with Gasteiger partial charge in [0, 0.05) is 11.9 Å². The monoisotopic (exact) mass is 324 g/mol. The van der Waals surface area contributed by atoms with E-state index in [0.717, 1.165) is 22.8 Å². The molecular formula is C18H20N4O2. The van der Waals surface area contributed by atoms with E-state index in [2.05, 4.69) is 10.2 Å². The lowest BCUT2D eigenvalue weighted by Gasteiger charge is -2.05. The molecule has 0 amide bonds. The Morgan fingerprint density at radius 1 is 1.12 bits per heavy atom. The van der Waals surface area contributed by atoms with Gasteiger partial charge in [0.25, 0.3) is 0 Å². The van der Waals surface area contributed by atoms with Gasteiger partial charge in [0.2, 0.25) is 0 Å². The Balaban J connectivity index is 1.50. The van der Waals surface area contributed by atoms with Crippen molar-refractivity contribution in [3.05, 3.63) is 65.7 Å². The maximum Gasteiger partial charge on any atom is 0.308 e. The molecular weight excluding hydrogens is 304 g/mol. The highest BCUT2D eigenvalue weighted by molar-refractivity contribution is 5.69. The van der Waals surface area contributed by atoms with E-state index in [1.165, 1.54) is 0 Å². The predicted molar refractivity (Wildman–Crippen MR) is 89.7 cm³/mol. The van der Waals surface area contributed by atoms with Crippen molar-refractivity contribution in [2.75, 3.05) is 0 Å². The third-order valence-corrected chi connectivity index (χ3v) is 3.68. The molecule has 0 bridgehead atoms. The van der Waals surface area contributed by atoms with E-state index >= 15 is 0 Å². The molecule has 3 aromatic rings. The van der Waals surface area contributed by atoms with E-state index in [4.69, 9.17) is 4.74 Å². The van der Waals surface area contributed by atoms with Crippen LogP contribution in [0.4, 0.5) is 0 Å². The second kappa shape index (κ2) is 7.12. The molecule has 0 unspecified atom stereocenters. The fourth-order valence-electron chi connectivity index (χ4n) is 2.49. The molecule has 0 N–H and O–H groups in total. The van der Waals surface area contributed by atoms with E-state index < -0.39 is 0 Å². The van der Waals surface area contributed by atoms with Gasteiger partial charge in [0.1, 0.15) is 12.3 Å². The zero-order valence-corrected chi connectivity index (χ0v) is 13.8. The molecule has 6 heteroatoms. The van der Waals surface area contributed by atoms with Crippen molar-refractivity contribution in [3.63, 3.8) is 0 Å². The van der Waals surface area contributed by atoms with Gasteiger partial charge >= 0.3 is 5.97 Å². The standard InChI is InChI=1S/C18H20N4O2/c1-14-12-15(2)21(19-14)11-9-18(23)24-13-16-8-10-22(20-16)17-6-4-3-5-7-17/h3-8,10,12H,9,11,13H2,1-2H3. The zero-order chi connectivity index (χ0) is 16.9. The highest BCUT2D eigenvalue weighted by Gasteiger charge is 2.08. The van der Waals surface area contributed by atoms with Crippen molar-refractivity contribution in [1.82, 2.24) is 19.6 Å². The Morgan fingerprint density at radius 2 is 1.92 bits per heavy atom. The fourth-order valence-corrected chi connectivity index (χ4v) is 2.49. The third kappa shape index (κ3) is 3.90. The summed E-state index contributed by atoms with van der Waals surface area (Å²) in [6, 6.07) is 13.6. The molecule has 3 rings (SSSR count). The Bertz CT molecular complexity index is 821. The smallest absolute Gasteiger partial charge is 0.308 e. The van der Waals surface area contributed by atoms with Gasteiger partial charge in [-0.1, -0.05) is 18.2 Å². The van der Waals surface area contributed by atoms with Crippen LogP contribution in [-0.4, -0.2) is 25.5 Å². The first-order valence-electron chi connectivity index (χ1n) is 7.88. The molecule has 0 aliphatic heterocycles. The van der Waals surface area contributed by atoms with Gasteiger partial charge in [-0.2, -0.15) is 10.2 Å². The second-order valence-corrected chi connectivity index (χ2v) is 5.65. The number of esters is 1. The molecule has 1 aromatic carbocycles. The van der Waals surface area contributed by atoms with Gasteiger partial charge in [0.05, 0.1) is 24.3 Å². The highest BCUT2D eigenvalue weighted by Crippen LogP contribution is 2.08. The van der Waals surface area contributed by atoms with Gasteiger partial charge in [0.15, 0.2) is 0 Å². The SMILES string of the molecule is Cc1cc(C)n(CCC(=O)OCc2ccn(-c3ccccc3)n2)n1. The maximum absolute atomic E-state index is 11.9. The van der Waals surface area contributed by atoms with Crippen LogP contribution in [0, 0.1) is 13.8 Å². The van der Waals surface area contributed by atoms with Crippen LogP contribution in [0.5, 0.6) is 0 Å². The quantitative estimate of drug-likeness (QED) is 0.654. The number of ether oxygens (including phenoxy) is 1. The summed E-state index contributed by atoms with van der Waals surface area (Å²) in [5.41, 5.74) is 3.69. The summed E-state index contributed by atoms with van der Waals surface area (Å²) in [4.78, 5) is 11.9. The Kier molecular flexibility index (Phi) is 4.74. The maximum atomic E-state index is 11.9. The average molecular weight is 324 g/mol. The Labute approximate surface area is 140 Å². The fraction of sp³-hybridized carbons (Fsp3) is 0.278. The highest BCUT2D eigenvalue weighted by atomic mass is 16.5. The Hall–Kier alpha value is -2.89. The van der Waals surface area contributed by atoms with E-state index in [1.807, 2.05) is 67.2 Å². The number of para-hydroxylation sites is 1. The first kappa shape index (κ1) is 16.0. The lowest BCUT2D eigenvalue weighted by atomic mass is 10.3. The molecule has 0 atom stereocenters. The molecule has 0 saturated heterocycles. The first-order valence-corrected chi connectivity index (χ1v) is 7.88. The molecule has 0 aliphatic carbocycles. The number of hydrogen-bond donors (Lipinski definition) is 0. The molecule has 0 radical (unpaired) electrons. The van der Waals surface area contributed by atoms with Gasteiger partial charge in [-0.3, -0.25) is 9.48 Å². The van der Waals surface area contributed by atoms with E-state index in [-0.39, 0.29) is 12.6 Å². The summed E-state index contributed by atoms with van der Waals surface area (Å²) < 4.78 is 8.87. The number of aromatic nitrogens is 4. The zero-order valence-electron chi connectivity index (χ0n) is 13.8. The van der Waals surface area contributed by atoms with E-state index in [0.29, 0.717) is 13.0 Å². The average Bonchev–Trinajstić information content (AvgIpc) is 3.18. The lowest BCUT2D eigenvalue weighted by Crippen LogP contribution is -2.11. The first-order chi connectivity index (χ1) is 11.6. The molecule has 0 spiro atoms. The number of carbonyl (C=O) groups is 1. The summed E-state index contributed by atoms with van der Waals surface area (Å²) in [7, 11) is 0. The second-order valence-electron chi connectivity index (χ2n) is 5.65. The van der Waals surface area contributed by atoms with Crippen LogP contribution in [0.15, 0.2) is 48.7 Å². The molecule has 0 saturated carbocycles. The van der Waals surface area contributed by atoms with E-state index in [1.54, 1.807) is 4.68 Å². The van der Waals surface area contributed by atoms with Gasteiger partial charge in [-0.25, -0.2) is 4.68 Å². The lowest BCUT2D eigenvalue weighted by molar-refractivity contribution is -0.145. The molecule has 24 heavy (non-hydrogen) atoms. The number of nitrogens with zero attached hydrogens (tertiary/aromatic N) is 4. The molecule has 0 aliphatic rings. The van der Waals surface area contributed by atoms with Crippen LogP contribution in [-0.2, 0) is 22.7 Å². The molecule has 6 nitrogen and oxygen atoms in total. The topological polar surface area (TPSA) is 61.9 Å². The van der Waals surface area contributed by atoms with Crippen LogP contribution < -0.4 is 0 Å². The van der Waals surface area contributed by atoms with Crippen LogP contribution in [0.1, 0.15) is 23.5 Å². The number of aryl methyl sites for hydroxylation is 3. The molecule has 0 fully saturated rings. The van der Waals surface area contributed by atoms with Crippen LogP contribution in [0.25, 0.3) is 5.69 Å². The van der Waals surface area contributed by atoms with Crippen molar-refractivity contribution in [1.29, 1.82) is 0 Å². The van der Waals surface area contributed by atoms with Gasteiger partial charge < -0.3 is 4.74 Å². The largest absolute Gasteiger partial charge is 0.459 e. The summed E-state index contributed by atoms with van der Waals surface area (Å²) >= 11 is 0. The molecule has 2 heterocycles. The van der Waals surface area contributed by atoms with Crippen LogP contribution >= 0.6 is 0 Å². The van der Waals surface area contributed by atoms with Crippen molar-refractivity contribution >= 4 is 5.97 Å². The summed E-state index contributed by atoms with van der Waals surface area (Å²) in [6.07, 6.45) is 2.15. The normalized spacial score (nSPS) is 10.8. The van der Waals surface area contributed by atoms with Crippen LogP contribution in [0.2, 0.25) is 0 Å². The minimum Gasteiger partial charge on any atom is -0.459 e. The number of rotatable bonds is 6. The van der Waals surface area contributed by atoms with Crippen molar-refractivity contribution in [3.8, 4) is 5.69 Å². The predicted octanol–water partition coefficient (Wildman–Crippen LogP) is 2.82. The van der Waals surface area contributed by atoms with E-state index in [9.17, 15) is 4.79 Å². The van der Waals surface area contributed by atoms with Gasteiger partial charge in [-0.15, -0.1) is 0 Å². The molecule has 2 aromatic heterocycles. The summed E-state index contributed by atoms with van der Waals surface area (Å²) in [5, 5.41) is 8.74. The van der Waals surface area contributed by atoms with Crippen molar-refractivity contribution < 1.29 is 9.53 Å². The van der Waals surface area contributed by atoms with Crippen LogP contribution in [0.3, 0.4) is 0 Å². The molecule has 124 valence electrons. The summed E-state index contributed by atoms with van der Waals surface area (Å²) in [5.74, 6) is -0.253. The third-order valence-electron chi connectivity index (χ3n) is 3.68. The summed E-state index contributed by atoms with van der Waals surface area (Å²) in [6.45, 7) is 4.61. The van der Waals surface area contributed by atoms with Crippen molar-refractivity contribution in [2.24, 2.45) is 0 Å².